The molecule has 3 heterocycles. The standard InChI is InChI=1S/C29H38FN5O2/c1-19-28(20(2)32-18-31-19)29(37)35-16-23-14-34(15-24(23)17-35)11-10-26(22-8-5-9-25(30)13-22)33-27(36)12-21-6-3-4-7-21/h5,8-9,13,18,21,23-24,26H,3-4,6-7,10-12,14-17H2,1-2H3,(H,33,36)/t23-,24+,26-/m0/s1. The number of benzene rings is 1. The maximum atomic E-state index is 14.0. The fourth-order valence-electron chi connectivity index (χ4n) is 6.59. The molecule has 37 heavy (non-hydrogen) atoms. The van der Waals surface area contributed by atoms with Crippen LogP contribution in [-0.2, 0) is 4.79 Å². The van der Waals surface area contributed by atoms with Crippen molar-refractivity contribution in [1.29, 1.82) is 0 Å². The quantitative estimate of drug-likeness (QED) is 0.583. The maximum Gasteiger partial charge on any atom is 0.257 e. The first-order chi connectivity index (χ1) is 17.9. The molecule has 0 bridgehead atoms. The van der Waals surface area contributed by atoms with Crippen molar-refractivity contribution in [3.63, 3.8) is 0 Å². The Morgan fingerprint density at radius 2 is 1.73 bits per heavy atom. The number of hydrogen-bond donors (Lipinski definition) is 1. The monoisotopic (exact) mass is 507 g/mol. The van der Waals surface area contributed by atoms with Crippen LogP contribution in [0.25, 0.3) is 0 Å². The molecule has 1 aromatic heterocycles. The summed E-state index contributed by atoms with van der Waals surface area (Å²) in [6, 6.07) is 6.41. The number of fused-ring (bicyclic) bond motifs is 1. The van der Waals surface area contributed by atoms with Gasteiger partial charge in [0, 0.05) is 39.1 Å². The fourth-order valence-corrected chi connectivity index (χ4v) is 6.59. The van der Waals surface area contributed by atoms with Crippen LogP contribution in [0.5, 0.6) is 0 Å². The van der Waals surface area contributed by atoms with Gasteiger partial charge < -0.3 is 15.1 Å². The van der Waals surface area contributed by atoms with Crippen molar-refractivity contribution in [3.8, 4) is 0 Å². The third-order valence-electron chi connectivity index (χ3n) is 8.56. The molecular weight excluding hydrogens is 469 g/mol. The number of likely N-dealkylation sites (tertiary alicyclic amines) is 2. The van der Waals surface area contributed by atoms with Crippen LogP contribution >= 0.6 is 0 Å². The summed E-state index contributed by atoms with van der Waals surface area (Å²) in [7, 11) is 0. The molecule has 3 atom stereocenters. The second kappa shape index (κ2) is 11.3. The summed E-state index contributed by atoms with van der Waals surface area (Å²) in [6.45, 7) is 7.92. The Morgan fingerprint density at radius 3 is 2.38 bits per heavy atom. The van der Waals surface area contributed by atoms with Crippen molar-refractivity contribution < 1.29 is 14.0 Å². The number of amides is 2. The molecule has 7 nitrogen and oxygen atoms in total. The summed E-state index contributed by atoms with van der Waals surface area (Å²) in [6.07, 6.45) is 7.49. The number of rotatable bonds is 8. The third-order valence-corrected chi connectivity index (χ3v) is 8.56. The van der Waals surface area contributed by atoms with Crippen LogP contribution in [0.2, 0.25) is 0 Å². The largest absolute Gasteiger partial charge is 0.349 e. The predicted octanol–water partition coefficient (Wildman–Crippen LogP) is 4.06. The van der Waals surface area contributed by atoms with Crippen molar-refractivity contribution in [1.82, 2.24) is 25.1 Å². The Kier molecular flexibility index (Phi) is 7.84. The van der Waals surface area contributed by atoms with E-state index in [2.05, 4.69) is 20.2 Å². The molecule has 2 aromatic rings. The summed E-state index contributed by atoms with van der Waals surface area (Å²) >= 11 is 0. The van der Waals surface area contributed by atoms with Crippen molar-refractivity contribution in [2.45, 2.75) is 58.4 Å². The minimum absolute atomic E-state index is 0.0349. The Balaban J connectivity index is 1.17. The van der Waals surface area contributed by atoms with Crippen LogP contribution in [-0.4, -0.2) is 64.3 Å². The molecule has 1 aromatic carbocycles. The van der Waals surface area contributed by atoms with Gasteiger partial charge in [0.2, 0.25) is 5.91 Å². The second-order valence-electron chi connectivity index (χ2n) is 11.2. The molecule has 1 aliphatic carbocycles. The number of nitrogens with one attached hydrogen (secondary N) is 1. The van der Waals surface area contributed by atoms with Gasteiger partial charge in [-0.05, 0) is 68.6 Å². The zero-order valence-corrected chi connectivity index (χ0v) is 22.0. The molecule has 0 spiro atoms. The molecule has 2 saturated heterocycles. The summed E-state index contributed by atoms with van der Waals surface area (Å²) in [4.78, 5) is 38.8. The molecule has 8 heteroatoms. The first kappa shape index (κ1) is 25.8. The number of halogens is 1. The van der Waals surface area contributed by atoms with E-state index in [9.17, 15) is 14.0 Å². The SMILES string of the molecule is Cc1ncnc(C)c1C(=O)N1C[C@H]2CN(CC[C@H](NC(=O)CC3CCCC3)c3cccc(F)c3)C[C@H]2C1. The Bertz CT molecular complexity index is 1100. The average molecular weight is 508 g/mol. The molecular formula is C29H38FN5O2. The van der Waals surface area contributed by atoms with Gasteiger partial charge in [0.05, 0.1) is 23.0 Å². The molecule has 0 unspecified atom stereocenters. The molecule has 1 saturated carbocycles. The van der Waals surface area contributed by atoms with Crippen molar-refractivity contribution >= 4 is 11.8 Å². The molecule has 3 fully saturated rings. The lowest BCUT2D eigenvalue weighted by Gasteiger charge is -2.25. The highest BCUT2D eigenvalue weighted by Crippen LogP contribution is 2.33. The summed E-state index contributed by atoms with van der Waals surface area (Å²) in [5.74, 6) is 1.20. The highest BCUT2D eigenvalue weighted by Gasteiger charge is 2.42. The molecule has 3 aliphatic rings. The van der Waals surface area contributed by atoms with Crippen molar-refractivity contribution in [3.05, 3.63) is 58.9 Å². The lowest BCUT2D eigenvalue weighted by molar-refractivity contribution is -0.122. The van der Waals surface area contributed by atoms with Gasteiger partial charge in [-0.25, -0.2) is 14.4 Å². The third kappa shape index (κ3) is 6.00. The van der Waals surface area contributed by atoms with E-state index in [1.165, 1.54) is 25.2 Å². The predicted molar refractivity (Wildman–Crippen MR) is 139 cm³/mol. The normalized spacial score (nSPS) is 22.8. The van der Waals surface area contributed by atoms with Crippen LogP contribution in [0.1, 0.15) is 71.9 Å². The molecule has 198 valence electrons. The van der Waals surface area contributed by atoms with Gasteiger partial charge in [-0.1, -0.05) is 25.0 Å². The van der Waals surface area contributed by atoms with Gasteiger partial charge in [0.15, 0.2) is 0 Å². The number of nitrogens with zero attached hydrogens (tertiary/aromatic N) is 4. The van der Waals surface area contributed by atoms with Crippen LogP contribution in [0.15, 0.2) is 30.6 Å². The molecule has 1 N–H and O–H groups in total. The lowest BCUT2D eigenvalue weighted by atomic mass is 10.0. The zero-order valence-electron chi connectivity index (χ0n) is 22.0. The number of carbonyl (C=O) groups excluding carboxylic acids is 2. The van der Waals surface area contributed by atoms with E-state index < -0.39 is 0 Å². The first-order valence-electron chi connectivity index (χ1n) is 13.7. The van der Waals surface area contributed by atoms with Crippen LogP contribution in [0.3, 0.4) is 0 Å². The van der Waals surface area contributed by atoms with E-state index in [4.69, 9.17) is 0 Å². The summed E-state index contributed by atoms with van der Waals surface area (Å²) < 4.78 is 14.0. The summed E-state index contributed by atoms with van der Waals surface area (Å²) in [5, 5.41) is 3.22. The van der Waals surface area contributed by atoms with E-state index in [0.29, 0.717) is 29.7 Å². The highest BCUT2D eigenvalue weighted by atomic mass is 19.1. The van der Waals surface area contributed by atoms with E-state index >= 15 is 0 Å². The number of carbonyl (C=O) groups is 2. The Hall–Kier alpha value is -2.87. The van der Waals surface area contributed by atoms with Crippen LogP contribution in [0, 0.1) is 37.4 Å². The van der Waals surface area contributed by atoms with E-state index in [-0.39, 0.29) is 23.7 Å². The molecule has 5 rings (SSSR count). The molecule has 2 amide bonds. The topological polar surface area (TPSA) is 78.4 Å². The lowest BCUT2D eigenvalue weighted by Crippen LogP contribution is -2.36. The minimum atomic E-state index is -0.276. The van der Waals surface area contributed by atoms with Gasteiger partial charge in [-0.2, -0.15) is 0 Å². The molecule has 0 radical (unpaired) electrons. The maximum absolute atomic E-state index is 14.0. The average Bonchev–Trinajstić information content (AvgIpc) is 3.58. The molecule has 2 aliphatic heterocycles. The second-order valence-corrected chi connectivity index (χ2v) is 11.2. The highest BCUT2D eigenvalue weighted by molar-refractivity contribution is 5.96. The first-order valence-corrected chi connectivity index (χ1v) is 13.7. The van der Waals surface area contributed by atoms with E-state index in [1.54, 1.807) is 12.1 Å². The number of aryl methyl sites for hydroxylation is 2. The number of hydrogen-bond acceptors (Lipinski definition) is 5. The minimum Gasteiger partial charge on any atom is -0.349 e. The van der Waals surface area contributed by atoms with Gasteiger partial charge in [0.1, 0.15) is 12.1 Å². The van der Waals surface area contributed by atoms with Crippen LogP contribution < -0.4 is 5.32 Å². The Morgan fingerprint density at radius 1 is 1.05 bits per heavy atom. The van der Waals surface area contributed by atoms with Gasteiger partial charge >= 0.3 is 0 Å². The summed E-state index contributed by atoms with van der Waals surface area (Å²) in [5.41, 5.74) is 2.92. The smallest absolute Gasteiger partial charge is 0.257 e. The zero-order chi connectivity index (χ0) is 25.9. The van der Waals surface area contributed by atoms with Crippen LogP contribution in [0.4, 0.5) is 4.39 Å². The fraction of sp³-hybridized carbons (Fsp3) is 0.586. The Labute approximate surface area is 218 Å². The van der Waals surface area contributed by atoms with Gasteiger partial charge in [0.25, 0.3) is 5.91 Å². The van der Waals surface area contributed by atoms with Crippen molar-refractivity contribution in [2.24, 2.45) is 17.8 Å². The van der Waals surface area contributed by atoms with Crippen molar-refractivity contribution in [2.75, 3.05) is 32.7 Å². The van der Waals surface area contributed by atoms with Gasteiger partial charge in [-0.3, -0.25) is 9.59 Å². The van der Waals surface area contributed by atoms with Gasteiger partial charge in [-0.15, -0.1) is 0 Å². The van der Waals surface area contributed by atoms with E-state index in [0.717, 1.165) is 68.9 Å². The van der Waals surface area contributed by atoms with E-state index in [1.807, 2.05) is 24.8 Å². The number of aromatic nitrogens is 2.